The molecule has 1 aliphatic rings. The van der Waals surface area contributed by atoms with Gasteiger partial charge in [-0.2, -0.15) is 0 Å². The Morgan fingerprint density at radius 1 is 1.26 bits per heavy atom. The van der Waals surface area contributed by atoms with Gasteiger partial charge in [-0.15, -0.1) is 0 Å². The van der Waals surface area contributed by atoms with Crippen molar-refractivity contribution in [2.75, 3.05) is 13.2 Å². The third-order valence-electron chi connectivity index (χ3n) is 5.00. The van der Waals surface area contributed by atoms with Crippen LogP contribution in [0.3, 0.4) is 0 Å². The van der Waals surface area contributed by atoms with Crippen LogP contribution in [0, 0.1) is 10.8 Å². The Balaban J connectivity index is 2.13. The lowest BCUT2D eigenvalue weighted by Gasteiger charge is -2.38. The summed E-state index contributed by atoms with van der Waals surface area (Å²) < 4.78 is 0. The van der Waals surface area contributed by atoms with Crippen LogP contribution in [0.2, 0.25) is 0 Å². The minimum atomic E-state index is 0.262. The first kappa shape index (κ1) is 14.5. The molecule has 2 atom stereocenters. The van der Waals surface area contributed by atoms with Gasteiger partial charge in [-0.3, -0.25) is 4.90 Å². The normalized spacial score (nSPS) is 28.8. The van der Waals surface area contributed by atoms with E-state index in [1.54, 1.807) is 0 Å². The third kappa shape index (κ3) is 3.01. The molecule has 1 aliphatic heterocycles. The van der Waals surface area contributed by atoms with Crippen molar-refractivity contribution in [2.24, 2.45) is 10.8 Å². The van der Waals surface area contributed by atoms with Gasteiger partial charge in [0.1, 0.15) is 0 Å². The fourth-order valence-corrected chi connectivity index (χ4v) is 3.02. The summed E-state index contributed by atoms with van der Waals surface area (Å²) in [6.07, 6.45) is 1.08. The highest BCUT2D eigenvalue weighted by Gasteiger charge is 2.47. The van der Waals surface area contributed by atoms with Crippen molar-refractivity contribution in [1.82, 2.24) is 4.90 Å². The molecule has 1 aromatic rings. The second-order valence-electron chi connectivity index (χ2n) is 7.24. The second kappa shape index (κ2) is 5.26. The van der Waals surface area contributed by atoms with Crippen LogP contribution in [0.1, 0.15) is 39.7 Å². The van der Waals surface area contributed by atoms with E-state index in [4.69, 9.17) is 0 Å². The van der Waals surface area contributed by atoms with Crippen LogP contribution in [0.4, 0.5) is 0 Å². The van der Waals surface area contributed by atoms with E-state index in [1.165, 1.54) is 5.56 Å². The molecule has 1 fully saturated rings. The summed E-state index contributed by atoms with van der Waals surface area (Å²) in [6.45, 7) is 11.6. The molecule has 0 amide bonds. The molecule has 1 saturated heterocycles. The first-order valence-corrected chi connectivity index (χ1v) is 7.24. The Morgan fingerprint density at radius 3 is 2.42 bits per heavy atom. The molecule has 0 aliphatic carbocycles. The molecule has 2 rings (SSSR count). The van der Waals surface area contributed by atoms with E-state index >= 15 is 0 Å². The van der Waals surface area contributed by atoms with E-state index < -0.39 is 0 Å². The molecule has 19 heavy (non-hydrogen) atoms. The van der Waals surface area contributed by atoms with E-state index in [0.29, 0.717) is 6.04 Å². The van der Waals surface area contributed by atoms with Gasteiger partial charge in [0.05, 0.1) is 6.61 Å². The van der Waals surface area contributed by atoms with E-state index in [-0.39, 0.29) is 17.4 Å². The van der Waals surface area contributed by atoms with Crippen molar-refractivity contribution < 1.29 is 5.11 Å². The van der Waals surface area contributed by atoms with Crippen LogP contribution in [0.5, 0.6) is 0 Å². The second-order valence-corrected chi connectivity index (χ2v) is 7.24. The maximum atomic E-state index is 9.67. The van der Waals surface area contributed by atoms with Gasteiger partial charge in [0, 0.05) is 19.1 Å². The minimum absolute atomic E-state index is 0.262. The lowest BCUT2D eigenvalue weighted by atomic mass is 9.67. The Hall–Kier alpha value is -0.860. The average molecular weight is 261 g/mol. The number of nitrogens with zero attached hydrogens (tertiary/aromatic N) is 1. The summed E-state index contributed by atoms with van der Waals surface area (Å²) >= 11 is 0. The molecule has 106 valence electrons. The number of hydrogen-bond donors (Lipinski definition) is 1. The standard InChI is InChI=1S/C17H27NO/c1-16(2,3)17(4)10-15(12-19)18(13-17)11-14-8-6-5-7-9-14/h5-9,15,19H,10-13H2,1-4H3. The van der Waals surface area contributed by atoms with E-state index in [2.05, 4.69) is 62.9 Å². The highest BCUT2D eigenvalue weighted by molar-refractivity contribution is 5.15. The predicted octanol–water partition coefficient (Wildman–Crippen LogP) is 3.31. The minimum Gasteiger partial charge on any atom is -0.395 e. The quantitative estimate of drug-likeness (QED) is 0.902. The van der Waals surface area contributed by atoms with Crippen LogP contribution in [-0.2, 0) is 6.54 Å². The first-order chi connectivity index (χ1) is 8.86. The lowest BCUT2D eigenvalue weighted by molar-refractivity contribution is 0.113. The molecule has 1 aromatic carbocycles. The van der Waals surface area contributed by atoms with Gasteiger partial charge in [-0.25, -0.2) is 0 Å². The van der Waals surface area contributed by atoms with Crippen molar-refractivity contribution in [3.63, 3.8) is 0 Å². The molecule has 1 heterocycles. The summed E-state index contributed by atoms with van der Waals surface area (Å²) in [5.74, 6) is 0. The molecule has 2 unspecified atom stereocenters. The monoisotopic (exact) mass is 261 g/mol. The zero-order valence-corrected chi connectivity index (χ0v) is 12.7. The Bertz CT molecular complexity index is 409. The van der Waals surface area contributed by atoms with Crippen LogP contribution in [0.15, 0.2) is 30.3 Å². The van der Waals surface area contributed by atoms with Gasteiger partial charge in [0.25, 0.3) is 0 Å². The maximum Gasteiger partial charge on any atom is 0.0587 e. The molecule has 0 radical (unpaired) electrons. The Labute approximate surface area is 117 Å². The summed E-state index contributed by atoms with van der Waals surface area (Å²) in [5, 5.41) is 9.67. The van der Waals surface area contributed by atoms with Crippen molar-refractivity contribution in [1.29, 1.82) is 0 Å². The zero-order chi connectivity index (χ0) is 14.1. The van der Waals surface area contributed by atoms with Gasteiger partial charge in [0.15, 0.2) is 0 Å². The van der Waals surface area contributed by atoms with Crippen molar-refractivity contribution in [3.8, 4) is 0 Å². The summed E-state index contributed by atoms with van der Waals surface area (Å²) in [7, 11) is 0. The average Bonchev–Trinajstić information content (AvgIpc) is 2.68. The fraction of sp³-hybridized carbons (Fsp3) is 0.647. The zero-order valence-electron chi connectivity index (χ0n) is 12.7. The van der Waals surface area contributed by atoms with Crippen LogP contribution < -0.4 is 0 Å². The van der Waals surface area contributed by atoms with Crippen molar-refractivity contribution in [2.45, 2.75) is 46.7 Å². The number of benzene rings is 1. The molecule has 0 saturated carbocycles. The van der Waals surface area contributed by atoms with Crippen LogP contribution >= 0.6 is 0 Å². The molecule has 2 heteroatoms. The fourth-order valence-electron chi connectivity index (χ4n) is 3.02. The van der Waals surface area contributed by atoms with Crippen LogP contribution in [0.25, 0.3) is 0 Å². The number of aliphatic hydroxyl groups is 1. The number of hydrogen-bond acceptors (Lipinski definition) is 2. The largest absolute Gasteiger partial charge is 0.395 e. The predicted molar refractivity (Wildman–Crippen MR) is 79.9 cm³/mol. The third-order valence-corrected chi connectivity index (χ3v) is 5.00. The summed E-state index contributed by atoms with van der Waals surface area (Å²) in [6, 6.07) is 10.9. The SMILES string of the molecule is CC(C)(C)C1(C)CC(CO)N(Cc2ccccc2)C1. The molecule has 0 aromatic heterocycles. The highest BCUT2D eigenvalue weighted by atomic mass is 16.3. The molecule has 0 spiro atoms. The maximum absolute atomic E-state index is 9.67. The molecule has 0 bridgehead atoms. The lowest BCUT2D eigenvalue weighted by Crippen LogP contribution is -2.36. The molecule has 2 nitrogen and oxygen atoms in total. The van der Waals surface area contributed by atoms with E-state index in [0.717, 1.165) is 19.5 Å². The first-order valence-electron chi connectivity index (χ1n) is 7.24. The Kier molecular flexibility index (Phi) is 4.03. The smallest absolute Gasteiger partial charge is 0.0587 e. The highest BCUT2D eigenvalue weighted by Crippen LogP contribution is 2.48. The summed E-state index contributed by atoms with van der Waals surface area (Å²) in [4.78, 5) is 2.45. The van der Waals surface area contributed by atoms with E-state index in [1.807, 2.05) is 0 Å². The molecular weight excluding hydrogens is 234 g/mol. The topological polar surface area (TPSA) is 23.5 Å². The van der Waals surface area contributed by atoms with E-state index in [9.17, 15) is 5.11 Å². The number of likely N-dealkylation sites (tertiary alicyclic amines) is 1. The van der Waals surface area contributed by atoms with Crippen LogP contribution in [-0.4, -0.2) is 29.2 Å². The van der Waals surface area contributed by atoms with Crippen molar-refractivity contribution in [3.05, 3.63) is 35.9 Å². The van der Waals surface area contributed by atoms with Gasteiger partial charge in [-0.05, 0) is 22.8 Å². The summed E-state index contributed by atoms with van der Waals surface area (Å²) in [5.41, 5.74) is 1.88. The molecule has 1 N–H and O–H groups in total. The number of aliphatic hydroxyl groups excluding tert-OH is 1. The van der Waals surface area contributed by atoms with Gasteiger partial charge >= 0.3 is 0 Å². The van der Waals surface area contributed by atoms with Gasteiger partial charge in [-0.1, -0.05) is 58.0 Å². The molecular formula is C17H27NO. The van der Waals surface area contributed by atoms with Gasteiger partial charge in [0.2, 0.25) is 0 Å². The van der Waals surface area contributed by atoms with Crippen molar-refractivity contribution >= 4 is 0 Å². The van der Waals surface area contributed by atoms with Gasteiger partial charge < -0.3 is 5.11 Å². The Morgan fingerprint density at radius 2 is 1.89 bits per heavy atom. The number of rotatable bonds is 3.